The Morgan fingerprint density at radius 1 is 1.24 bits per heavy atom. The van der Waals surface area contributed by atoms with E-state index in [1.165, 1.54) is 0 Å². The molecule has 5 nitrogen and oxygen atoms in total. The molecule has 21 heavy (non-hydrogen) atoms. The summed E-state index contributed by atoms with van der Waals surface area (Å²) < 4.78 is 0. The standard InChI is InChI=1S/C16H24N2O3/c1-4-5-11-18(14-9-7-6-8-10-14)16(21)17-13(3)12(2)15(19)20/h6-10,12-13H,4-5,11H2,1-3H3,(H,17,21)(H,19,20). The van der Waals surface area contributed by atoms with E-state index in [1.807, 2.05) is 30.3 Å². The van der Waals surface area contributed by atoms with Crippen LogP contribution in [-0.4, -0.2) is 29.7 Å². The summed E-state index contributed by atoms with van der Waals surface area (Å²) in [5.41, 5.74) is 0.818. The molecule has 1 rings (SSSR count). The SMILES string of the molecule is CCCCN(C(=O)NC(C)C(C)C(=O)O)c1ccccc1. The third-order valence-electron chi connectivity index (χ3n) is 3.54. The molecule has 0 aliphatic carbocycles. The number of carboxylic acid groups (broad SMARTS) is 1. The molecular weight excluding hydrogens is 268 g/mol. The molecule has 2 atom stereocenters. The van der Waals surface area contributed by atoms with Crippen molar-refractivity contribution >= 4 is 17.7 Å². The molecule has 2 amide bonds. The number of urea groups is 1. The molecule has 0 radical (unpaired) electrons. The largest absolute Gasteiger partial charge is 0.481 e. The van der Waals surface area contributed by atoms with Crippen molar-refractivity contribution in [1.29, 1.82) is 0 Å². The van der Waals surface area contributed by atoms with E-state index >= 15 is 0 Å². The first-order valence-electron chi connectivity index (χ1n) is 7.33. The van der Waals surface area contributed by atoms with E-state index in [0.29, 0.717) is 6.54 Å². The predicted octanol–water partition coefficient (Wildman–Crippen LogP) is 3.11. The fraction of sp³-hybridized carbons (Fsp3) is 0.500. The highest BCUT2D eigenvalue weighted by molar-refractivity contribution is 5.92. The Morgan fingerprint density at radius 3 is 2.38 bits per heavy atom. The second kappa shape index (κ2) is 8.29. The van der Waals surface area contributed by atoms with Crippen LogP contribution in [0.15, 0.2) is 30.3 Å². The van der Waals surface area contributed by atoms with E-state index in [9.17, 15) is 9.59 Å². The van der Waals surface area contributed by atoms with Gasteiger partial charge in [-0.05, 0) is 32.4 Å². The van der Waals surface area contributed by atoms with Crippen LogP contribution < -0.4 is 10.2 Å². The number of unbranched alkanes of at least 4 members (excludes halogenated alkanes) is 1. The molecule has 1 aromatic carbocycles. The van der Waals surface area contributed by atoms with E-state index in [2.05, 4.69) is 12.2 Å². The van der Waals surface area contributed by atoms with Crippen molar-refractivity contribution in [2.45, 2.75) is 39.7 Å². The van der Waals surface area contributed by atoms with Gasteiger partial charge in [0, 0.05) is 18.3 Å². The van der Waals surface area contributed by atoms with Crippen molar-refractivity contribution < 1.29 is 14.7 Å². The zero-order valence-corrected chi connectivity index (χ0v) is 12.9. The third-order valence-corrected chi connectivity index (χ3v) is 3.54. The molecule has 0 saturated heterocycles. The zero-order valence-electron chi connectivity index (χ0n) is 12.9. The second-order valence-electron chi connectivity index (χ2n) is 5.21. The minimum absolute atomic E-state index is 0.254. The lowest BCUT2D eigenvalue weighted by atomic mass is 10.0. The maximum Gasteiger partial charge on any atom is 0.322 e. The molecule has 2 N–H and O–H groups in total. The van der Waals surface area contributed by atoms with Crippen LogP contribution in [-0.2, 0) is 4.79 Å². The maximum absolute atomic E-state index is 12.4. The van der Waals surface area contributed by atoms with Crippen molar-refractivity contribution in [3.63, 3.8) is 0 Å². The van der Waals surface area contributed by atoms with Gasteiger partial charge in [0.05, 0.1) is 5.92 Å². The van der Waals surface area contributed by atoms with E-state index in [-0.39, 0.29) is 6.03 Å². The molecule has 0 fully saturated rings. The minimum Gasteiger partial charge on any atom is -0.481 e. The van der Waals surface area contributed by atoms with Crippen molar-refractivity contribution in [1.82, 2.24) is 5.32 Å². The van der Waals surface area contributed by atoms with Crippen LogP contribution in [0.1, 0.15) is 33.6 Å². The summed E-state index contributed by atoms with van der Waals surface area (Å²) in [7, 11) is 0. The molecule has 5 heteroatoms. The molecule has 0 bridgehead atoms. The van der Waals surface area contributed by atoms with Crippen LogP contribution in [0, 0.1) is 5.92 Å². The molecule has 0 heterocycles. The Balaban J connectivity index is 2.79. The summed E-state index contributed by atoms with van der Waals surface area (Å²) in [4.78, 5) is 25.0. The summed E-state index contributed by atoms with van der Waals surface area (Å²) >= 11 is 0. The summed E-state index contributed by atoms with van der Waals surface area (Å²) in [6.45, 7) is 5.97. The molecule has 0 saturated carbocycles. The Kier molecular flexibility index (Phi) is 6.72. The topological polar surface area (TPSA) is 69.6 Å². The lowest BCUT2D eigenvalue weighted by Crippen LogP contribution is -2.47. The number of para-hydroxylation sites is 1. The third kappa shape index (κ3) is 5.10. The Morgan fingerprint density at radius 2 is 1.86 bits per heavy atom. The summed E-state index contributed by atoms with van der Waals surface area (Å²) in [6, 6.07) is 8.73. The van der Waals surface area contributed by atoms with Gasteiger partial charge in [0.15, 0.2) is 0 Å². The molecule has 0 aliphatic rings. The Labute approximate surface area is 126 Å². The van der Waals surface area contributed by atoms with Crippen LogP contribution in [0.25, 0.3) is 0 Å². The predicted molar refractivity (Wildman–Crippen MR) is 83.5 cm³/mol. The first kappa shape index (κ1) is 17.0. The Hall–Kier alpha value is -2.04. The van der Waals surface area contributed by atoms with Gasteiger partial charge in [-0.3, -0.25) is 9.69 Å². The van der Waals surface area contributed by atoms with Crippen LogP contribution >= 0.6 is 0 Å². The monoisotopic (exact) mass is 292 g/mol. The average Bonchev–Trinajstić information content (AvgIpc) is 2.47. The lowest BCUT2D eigenvalue weighted by Gasteiger charge is -2.26. The fourth-order valence-corrected chi connectivity index (χ4v) is 1.88. The van der Waals surface area contributed by atoms with Crippen LogP contribution in [0.5, 0.6) is 0 Å². The van der Waals surface area contributed by atoms with Gasteiger partial charge in [-0.15, -0.1) is 0 Å². The summed E-state index contributed by atoms with van der Waals surface area (Å²) in [5, 5.41) is 11.8. The smallest absolute Gasteiger partial charge is 0.322 e. The van der Waals surface area contributed by atoms with Crippen LogP contribution in [0.2, 0.25) is 0 Å². The van der Waals surface area contributed by atoms with E-state index in [0.717, 1.165) is 18.5 Å². The number of carbonyl (C=O) groups is 2. The van der Waals surface area contributed by atoms with Crippen molar-refractivity contribution in [2.24, 2.45) is 5.92 Å². The van der Waals surface area contributed by atoms with Gasteiger partial charge in [0.25, 0.3) is 0 Å². The summed E-state index contributed by atoms with van der Waals surface area (Å²) in [5.74, 6) is -1.54. The first-order chi connectivity index (χ1) is 9.97. The number of hydrogen-bond acceptors (Lipinski definition) is 2. The highest BCUT2D eigenvalue weighted by Crippen LogP contribution is 2.15. The van der Waals surface area contributed by atoms with Gasteiger partial charge in [-0.2, -0.15) is 0 Å². The number of carbonyl (C=O) groups excluding carboxylic acids is 1. The molecule has 2 unspecified atom stereocenters. The molecule has 0 spiro atoms. The molecule has 0 aromatic heterocycles. The van der Waals surface area contributed by atoms with Crippen molar-refractivity contribution in [2.75, 3.05) is 11.4 Å². The zero-order chi connectivity index (χ0) is 15.8. The van der Waals surface area contributed by atoms with Gasteiger partial charge >= 0.3 is 12.0 Å². The number of anilines is 1. The Bertz CT molecular complexity index is 462. The molecule has 1 aromatic rings. The van der Waals surface area contributed by atoms with E-state index < -0.39 is 17.9 Å². The van der Waals surface area contributed by atoms with E-state index in [4.69, 9.17) is 5.11 Å². The van der Waals surface area contributed by atoms with Crippen molar-refractivity contribution in [3.8, 4) is 0 Å². The van der Waals surface area contributed by atoms with E-state index in [1.54, 1.807) is 18.7 Å². The number of nitrogens with zero attached hydrogens (tertiary/aromatic N) is 1. The van der Waals surface area contributed by atoms with Crippen LogP contribution in [0.3, 0.4) is 0 Å². The number of carboxylic acids is 1. The van der Waals surface area contributed by atoms with Crippen LogP contribution in [0.4, 0.5) is 10.5 Å². The number of benzene rings is 1. The van der Waals surface area contributed by atoms with Gasteiger partial charge in [-0.1, -0.05) is 31.5 Å². The van der Waals surface area contributed by atoms with Gasteiger partial charge in [0.1, 0.15) is 0 Å². The number of nitrogens with one attached hydrogen (secondary N) is 1. The molecule has 0 aliphatic heterocycles. The van der Waals surface area contributed by atoms with Gasteiger partial charge in [0.2, 0.25) is 0 Å². The average molecular weight is 292 g/mol. The van der Waals surface area contributed by atoms with Gasteiger partial charge in [-0.25, -0.2) is 4.79 Å². The normalized spacial score (nSPS) is 13.3. The van der Waals surface area contributed by atoms with Gasteiger partial charge < -0.3 is 10.4 Å². The quantitative estimate of drug-likeness (QED) is 0.811. The number of hydrogen-bond donors (Lipinski definition) is 2. The maximum atomic E-state index is 12.4. The highest BCUT2D eigenvalue weighted by Gasteiger charge is 2.23. The number of aliphatic carboxylic acids is 1. The lowest BCUT2D eigenvalue weighted by molar-refractivity contribution is -0.141. The minimum atomic E-state index is -0.914. The first-order valence-corrected chi connectivity index (χ1v) is 7.33. The molecular formula is C16H24N2O3. The number of amides is 2. The second-order valence-corrected chi connectivity index (χ2v) is 5.21. The highest BCUT2D eigenvalue weighted by atomic mass is 16.4. The van der Waals surface area contributed by atoms with Crippen molar-refractivity contribution in [3.05, 3.63) is 30.3 Å². The molecule has 116 valence electrons. The summed E-state index contributed by atoms with van der Waals surface area (Å²) in [6.07, 6.45) is 1.88. The fourth-order valence-electron chi connectivity index (χ4n) is 1.88. The number of rotatable bonds is 7.